The summed E-state index contributed by atoms with van der Waals surface area (Å²) in [6.45, 7) is 0.160. The summed E-state index contributed by atoms with van der Waals surface area (Å²) < 4.78 is 27.8. The summed E-state index contributed by atoms with van der Waals surface area (Å²) in [4.78, 5) is 4.70. The first-order chi connectivity index (χ1) is 11.1. The number of nitrogens with one attached hydrogen (secondary N) is 1. The molecule has 0 saturated carbocycles. The van der Waals surface area contributed by atoms with Crippen LogP contribution in [0.5, 0.6) is 0 Å². The third kappa shape index (κ3) is 3.87. The fraction of sp³-hybridized carbons (Fsp3) is 0.0625. The average molecular weight is 409 g/mol. The van der Waals surface area contributed by atoms with Crippen molar-refractivity contribution >= 4 is 37.3 Å². The number of rotatable bonds is 5. The van der Waals surface area contributed by atoms with Crippen LogP contribution in [0.15, 0.2) is 69.3 Å². The molecule has 0 spiro atoms. The molecule has 118 valence electrons. The maximum Gasteiger partial charge on any atom is 0.242 e. The Morgan fingerprint density at radius 2 is 1.74 bits per heavy atom. The number of hydrogen-bond acceptors (Lipinski definition) is 4. The maximum absolute atomic E-state index is 12.3. The van der Waals surface area contributed by atoms with Gasteiger partial charge in [-0.15, -0.1) is 11.3 Å². The third-order valence-electron chi connectivity index (χ3n) is 3.14. The molecule has 1 aromatic heterocycles. The highest BCUT2D eigenvalue weighted by molar-refractivity contribution is 9.10. The summed E-state index contributed by atoms with van der Waals surface area (Å²) in [6.07, 6.45) is 0. The van der Waals surface area contributed by atoms with Crippen LogP contribution >= 0.6 is 27.3 Å². The lowest BCUT2D eigenvalue weighted by molar-refractivity contribution is 0.580. The van der Waals surface area contributed by atoms with E-state index in [-0.39, 0.29) is 11.4 Å². The smallest absolute Gasteiger partial charge is 0.240 e. The molecule has 7 heteroatoms. The lowest BCUT2D eigenvalue weighted by Gasteiger charge is -2.07. The third-order valence-corrected chi connectivity index (χ3v) is 6.50. The van der Waals surface area contributed by atoms with Gasteiger partial charge in [-0.2, -0.15) is 0 Å². The molecule has 3 aromatic rings. The van der Waals surface area contributed by atoms with E-state index in [4.69, 9.17) is 0 Å². The Balaban J connectivity index is 1.74. The number of sulfonamides is 1. The second-order valence-corrected chi connectivity index (χ2v) is 8.21. The van der Waals surface area contributed by atoms with Gasteiger partial charge in [-0.25, -0.2) is 18.1 Å². The molecular formula is C16H13BrN2O2S2. The van der Waals surface area contributed by atoms with E-state index in [1.165, 1.54) is 11.3 Å². The fourth-order valence-electron chi connectivity index (χ4n) is 2.01. The summed E-state index contributed by atoms with van der Waals surface area (Å²) in [7, 11) is -3.58. The second kappa shape index (κ2) is 6.92. The zero-order valence-electron chi connectivity index (χ0n) is 11.9. The van der Waals surface area contributed by atoms with Crippen LogP contribution in [0.4, 0.5) is 0 Å². The molecule has 0 radical (unpaired) electrons. The molecule has 23 heavy (non-hydrogen) atoms. The van der Waals surface area contributed by atoms with E-state index in [0.717, 1.165) is 10.6 Å². The Morgan fingerprint density at radius 3 is 2.48 bits per heavy atom. The van der Waals surface area contributed by atoms with Gasteiger partial charge in [-0.05, 0) is 28.1 Å². The first kappa shape index (κ1) is 16.3. The van der Waals surface area contributed by atoms with Crippen molar-refractivity contribution in [2.45, 2.75) is 11.4 Å². The lowest BCUT2D eigenvalue weighted by atomic mass is 10.2. The Hall–Kier alpha value is -1.54. The Kier molecular flexibility index (Phi) is 4.91. The molecule has 0 unspecified atom stereocenters. The lowest BCUT2D eigenvalue weighted by Crippen LogP contribution is -2.23. The molecule has 0 bridgehead atoms. The number of hydrogen-bond donors (Lipinski definition) is 1. The highest BCUT2D eigenvalue weighted by Gasteiger charge is 2.17. The van der Waals surface area contributed by atoms with Crippen LogP contribution in [0, 0.1) is 0 Å². The first-order valence-electron chi connectivity index (χ1n) is 6.80. The molecule has 0 atom stereocenters. The van der Waals surface area contributed by atoms with Crippen molar-refractivity contribution in [2.24, 2.45) is 0 Å². The van der Waals surface area contributed by atoms with Crippen LogP contribution in [-0.4, -0.2) is 13.4 Å². The molecule has 1 N–H and O–H groups in total. The zero-order valence-corrected chi connectivity index (χ0v) is 15.2. The minimum absolute atomic E-state index is 0.160. The maximum atomic E-state index is 12.3. The molecule has 2 aromatic carbocycles. The van der Waals surface area contributed by atoms with Crippen molar-refractivity contribution in [1.29, 1.82) is 0 Å². The minimum atomic E-state index is -3.58. The SMILES string of the molecule is O=S(=O)(NCc1csc(-c2ccccc2)n1)c1ccccc1Br. The Morgan fingerprint density at radius 1 is 1.04 bits per heavy atom. The molecule has 0 aliphatic heterocycles. The molecular weight excluding hydrogens is 396 g/mol. The highest BCUT2D eigenvalue weighted by Crippen LogP contribution is 2.24. The van der Waals surface area contributed by atoms with Crippen molar-refractivity contribution in [2.75, 3.05) is 0 Å². The number of benzene rings is 2. The minimum Gasteiger partial charge on any atom is -0.240 e. The Labute approximate surface area is 147 Å². The molecule has 0 saturated heterocycles. The molecule has 3 rings (SSSR count). The molecule has 4 nitrogen and oxygen atoms in total. The second-order valence-electron chi connectivity index (χ2n) is 4.76. The summed E-state index contributed by atoms with van der Waals surface area (Å²) in [5.74, 6) is 0. The highest BCUT2D eigenvalue weighted by atomic mass is 79.9. The molecule has 0 amide bonds. The summed E-state index contributed by atoms with van der Waals surface area (Å²) in [5.41, 5.74) is 1.72. The van der Waals surface area contributed by atoms with Crippen LogP contribution < -0.4 is 4.72 Å². The van der Waals surface area contributed by atoms with Crippen LogP contribution in [-0.2, 0) is 16.6 Å². The van der Waals surface area contributed by atoms with E-state index in [9.17, 15) is 8.42 Å². The van der Waals surface area contributed by atoms with E-state index < -0.39 is 10.0 Å². The van der Waals surface area contributed by atoms with Crippen molar-refractivity contribution in [1.82, 2.24) is 9.71 Å². The quantitative estimate of drug-likeness (QED) is 0.692. The van der Waals surface area contributed by atoms with Gasteiger partial charge in [0.05, 0.1) is 17.1 Å². The van der Waals surface area contributed by atoms with Gasteiger partial charge in [0, 0.05) is 15.4 Å². The summed E-state index contributed by atoms with van der Waals surface area (Å²) >= 11 is 4.76. The number of thiazole rings is 1. The molecule has 0 fully saturated rings. The van der Waals surface area contributed by atoms with E-state index >= 15 is 0 Å². The Bertz CT molecular complexity index is 909. The van der Waals surface area contributed by atoms with Crippen molar-refractivity contribution in [3.05, 3.63) is 70.1 Å². The molecule has 1 heterocycles. The van der Waals surface area contributed by atoms with Gasteiger partial charge in [-0.3, -0.25) is 0 Å². The van der Waals surface area contributed by atoms with Gasteiger partial charge in [0.1, 0.15) is 5.01 Å². The van der Waals surface area contributed by atoms with Crippen LogP contribution in [0.2, 0.25) is 0 Å². The first-order valence-corrected chi connectivity index (χ1v) is 9.96. The monoisotopic (exact) mass is 408 g/mol. The largest absolute Gasteiger partial charge is 0.242 e. The van der Waals surface area contributed by atoms with Crippen LogP contribution in [0.25, 0.3) is 10.6 Å². The van der Waals surface area contributed by atoms with Gasteiger partial charge < -0.3 is 0 Å². The fourth-order valence-corrected chi connectivity index (χ4v) is 4.84. The number of halogens is 1. The van der Waals surface area contributed by atoms with Crippen LogP contribution in [0.3, 0.4) is 0 Å². The number of aromatic nitrogens is 1. The normalized spacial score (nSPS) is 11.5. The van der Waals surface area contributed by atoms with Gasteiger partial charge in [-0.1, -0.05) is 42.5 Å². The van der Waals surface area contributed by atoms with E-state index in [1.807, 2.05) is 35.7 Å². The predicted octanol–water partition coefficient (Wildman–Crippen LogP) is 4.05. The van der Waals surface area contributed by atoms with Crippen LogP contribution in [0.1, 0.15) is 5.69 Å². The molecule has 0 aliphatic carbocycles. The van der Waals surface area contributed by atoms with Gasteiger partial charge >= 0.3 is 0 Å². The van der Waals surface area contributed by atoms with E-state index in [0.29, 0.717) is 10.2 Å². The average Bonchev–Trinajstić information content (AvgIpc) is 3.03. The van der Waals surface area contributed by atoms with E-state index in [2.05, 4.69) is 25.6 Å². The number of nitrogens with zero attached hydrogens (tertiary/aromatic N) is 1. The van der Waals surface area contributed by atoms with Crippen molar-refractivity contribution in [3.63, 3.8) is 0 Å². The topological polar surface area (TPSA) is 59.1 Å². The zero-order chi connectivity index (χ0) is 16.3. The van der Waals surface area contributed by atoms with Crippen molar-refractivity contribution in [3.8, 4) is 10.6 Å². The van der Waals surface area contributed by atoms with Gasteiger partial charge in [0.25, 0.3) is 0 Å². The van der Waals surface area contributed by atoms with Crippen molar-refractivity contribution < 1.29 is 8.42 Å². The standard InChI is InChI=1S/C16H13BrN2O2S2/c17-14-8-4-5-9-15(14)23(20,21)18-10-13-11-22-16(19-13)12-6-2-1-3-7-12/h1-9,11,18H,10H2. The summed E-state index contributed by atoms with van der Waals surface area (Å²) in [5, 5.41) is 2.74. The van der Waals surface area contributed by atoms with E-state index in [1.54, 1.807) is 24.3 Å². The molecule has 0 aliphatic rings. The predicted molar refractivity (Wildman–Crippen MR) is 95.7 cm³/mol. The van der Waals surface area contributed by atoms with Gasteiger partial charge in [0.2, 0.25) is 10.0 Å². The van der Waals surface area contributed by atoms with Gasteiger partial charge in [0.15, 0.2) is 0 Å². The summed E-state index contributed by atoms with van der Waals surface area (Å²) in [6, 6.07) is 16.5.